The minimum Gasteiger partial charge on any atom is -0.454 e. The zero-order chi connectivity index (χ0) is 7.56. The maximum Gasteiger partial charge on any atom is 0.307 e. The number of hydrogen-bond acceptors (Lipinski definition) is 3. The van der Waals surface area contributed by atoms with Crippen molar-refractivity contribution in [3.8, 4) is 0 Å². The molecule has 0 saturated carbocycles. The molecule has 1 saturated heterocycles. The average molecular weight is 140 g/mol. The Morgan fingerprint density at radius 1 is 1.70 bits per heavy atom. The van der Waals surface area contributed by atoms with Crippen LogP contribution in [0.1, 0.15) is 6.42 Å². The van der Waals surface area contributed by atoms with Crippen molar-refractivity contribution in [3.63, 3.8) is 0 Å². The lowest BCUT2D eigenvalue weighted by Crippen LogP contribution is -2.15. The summed E-state index contributed by atoms with van der Waals surface area (Å²) in [6.07, 6.45) is 1.90. The van der Waals surface area contributed by atoms with Gasteiger partial charge in [-0.3, -0.25) is 9.59 Å². The number of rotatable bonds is 2. The standard InChI is InChI=1S/C7H8O3/c1-2-5-3-7(9)10-6(5)4-8/h2,4-6H,1,3H2/t5-,6-/m0/s1. The van der Waals surface area contributed by atoms with Crippen LogP contribution < -0.4 is 0 Å². The van der Waals surface area contributed by atoms with Crippen LogP contribution in [0.15, 0.2) is 12.7 Å². The van der Waals surface area contributed by atoms with Gasteiger partial charge in [-0.05, 0) is 0 Å². The molecule has 1 fully saturated rings. The summed E-state index contributed by atoms with van der Waals surface area (Å²) < 4.78 is 4.64. The first-order valence-electron chi connectivity index (χ1n) is 3.05. The van der Waals surface area contributed by atoms with Crippen LogP contribution in [-0.2, 0) is 14.3 Å². The predicted molar refractivity (Wildman–Crippen MR) is 34.2 cm³/mol. The molecule has 1 rings (SSSR count). The molecule has 0 spiro atoms. The van der Waals surface area contributed by atoms with Crippen molar-refractivity contribution in [1.29, 1.82) is 0 Å². The highest BCUT2D eigenvalue weighted by Crippen LogP contribution is 2.20. The van der Waals surface area contributed by atoms with Gasteiger partial charge in [-0.1, -0.05) is 6.08 Å². The Morgan fingerprint density at radius 3 is 2.80 bits per heavy atom. The fourth-order valence-corrected chi connectivity index (χ4v) is 0.942. The highest BCUT2D eigenvalue weighted by molar-refractivity contribution is 5.77. The van der Waals surface area contributed by atoms with E-state index in [0.29, 0.717) is 6.29 Å². The Balaban J connectivity index is 2.65. The van der Waals surface area contributed by atoms with Gasteiger partial charge in [-0.25, -0.2) is 0 Å². The van der Waals surface area contributed by atoms with E-state index >= 15 is 0 Å². The molecule has 0 bridgehead atoms. The summed E-state index contributed by atoms with van der Waals surface area (Å²) in [6.45, 7) is 3.48. The normalized spacial score (nSPS) is 31.4. The molecule has 1 aliphatic heterocycles. The van der Waals surface area contributed by atoms with E-state index in [-0.39, 0.29) is 18.3 Å². The molecule has 0 aromatic carbocycles. The van der Waals surface area contributed by atoms with E-state index in [1.165, 1.54) is 0 Å². The lowest BCUT2D eigenvalue weighted by molar-refractivity contribution is -0.144. The zero-order valence-electron chi connectivity index (χ0n) is 5.45. The maximum atomic E-state index is 10.6. The molecule has 0 aromatic rings. The van der Waals surface area contributed by atoms with E-state index in [4.69, 9.17) is 0 Å². The fourth-order valence-electron chi connectivity index (χ4n) is 0.942. The van der Waals surface area contributed by atoms with E-state index in [9.17, 15) is 9.59 Å². The van der Waals surface area contributed by atoms with Crippen molar-refractivity contribution >= 4 is 12.3 Å². The lowest BCUT2D eigenvalue weighted by atomic mass is 10.0. The highest BCUT2D eigenvalue weighted by atomic mass is 16.6. The second-order valence-corrected chi connectivity index (χ2v) is 2.19. The van der Waals surface area contributed by atoms with Gasteiger partial charge in [0.05, 0.1) is 6.42 Å². The van der Waals surface area contributed by atoms with Crippen molar-refractivity contribution in [2.75, 3.05) is 0 Å². The molecule has 3 heteroatoms. The Morgan fingerprint density at radius 2 is 2.40 bits per heavy atom. The van der Waals surface area contributed by atoms with Crippen LogP contribution in [0.25, 0.3) is 0 Å². The largest absolute Gasteiger partial charge is 0.454 e. The molecule has 1 heterocycles. The number of hydrogen-bond donors (Lipinski definition) is 0. The van der Waals surface area contributed by atoms with E-state index in [1.807, 2.05) is 0 Å². The number of carbonyl (C=O) groups is 2. The molecule has 0 unspecified atom stereocenters. The Labute approximate surface area is 58.7 Å². The van der Waals surface area contributed by atoms with Gasteiger partial charge in [-0.15, -0.1) is 6.58 Å². The van der Waals surface area contributed by atoms with Crippen molar-refractivity contribution in [2.24, 2.45) is 5.92 Å². The Bertz CT molecular complexity index is 156. The number of esters is 1. The topological polar surface area (TPSA) is 43.4 Å². The fraction of sp³-hybridized carbons (Fsp3) is 0.429. The van der Waals surface area contributed by atoms with Crippen LogP contribution in [-0.4, -0.2) is 18.4 Å². The molecule has 0 N–H and O–H groups in total. The summed E-state index contributed by atoms with van der Waals surface area (Å²) >= 11 is 0. The van der Waals surface area contributed by atoms with Crippen LogP contribution in [0.3, 0.4) is 0 Å². The molecule has 10 heavy (non-hydrogen) atoms. The number of carbonyl (C=O) groups excluding carboxylic acids is 2. The van der Waals surface area contributed by atoms with Crippen LogP contribution in [0.5, 0.6) is 0 Å². The van der Waals surface area contributed by atoms with Crippen LogP contribution in [0.2, 0.25) is 0 Å². The zero-order valence-corrected chi connectivity index (χ0v) is 5.45. The second-order valence-electron chi connectivity index (χ2n) is 2.19. The van der Waals surface area contributed by atoms with Crippen molar-refractivity contribution in [3.05, 3.63) is 12.7 Å². The van der Waals surface area contributed by atoms with Gasteiger partial charge in [0, 0.05) is 5.92 Å². The molecular weight excluding hydrogens is 132 g/mol. The summed E-state index contributed by atoms with van der Waals surface area (Å²) in [5, 5.41) is 0. The summed E-state index contributed by atoms with van der Waals surface area (Å²) in [6, 6.07) is 0. The third-order valence-corrected chi connectivity index (χ3v) is 1.53. The molecule has 0 aliphatic carbocycles. The molecule has 0 radical (unpaired) electrons. The number of cyclic esters (lactones) is 1. The second kappa shape index (κ2) is 2.64. The van der Waals surface area contributed by atoms with Crippen molar-refractivity contribution in [1.82, 2.24) is 0 Å². The van der Waals surface area contributed by atoms with Gasteiger partial charge in [0.25, 0.3) is 0 Å². The number of ether oxygens (including phenoxy) is 1. The summed E-state index contributed by atoms with van der Waals surface area (Å²) in [5.74, 6) is -0.438. The lowest BCUT2D eigenvalue weighted by Gasteiger charge is -2.03. The number of aldehydes is 1. The highest BCUT2D eigenvalue weighted by Gasteiger charge is 2.31. The van der Waals surface area contributed by atoms with Gasteiger partial charge in [-0.2, -0.15) is 0 Å². The summed E-state index contributed by atoms with van der Waals surface area (Å²) in [4.78, 5) is 20.7. The first-order chi connectivity index (χ1) is 4.77. The van der Waals surface area contributed by atoms with Gasteiger partial charge >= 0.3 is 5.97 Å². The summed E-state index contributed by atoms with van der Waals surface area (Å²) in [7, 11) is 0. The van der Waals surface area contributed by atoms with E-state index in [1.54, 1.807) is 6.08 Å². The molecule has 0 amide bonds. The molecule has 1 aliphatic rings. The average Bonchev–Trinajstić information content (AvgIpc) is 2.30. The van der Waals surface area contributed by atoms with Crippen molar-refractivity contribution in [2.45, 2.75) is 12.5 Å². The molecule has 0 aromatic heterocycles. The quantitative estimate of drug-likeness (QED) is 0.315. The van der Waals surface area contributed by atoms with Gasteiger partial charge in [0.1, 0.15) is 0 Å². The van der Waals surface area contributed by atoms with Crippen molar-refractivity contribution < 1.29 is 14.3 Å². The maximum absolute atomic E-state index is 10.6. The van der Waals surface area contributed by atoms with Gasteiger partial charge in [0.15, 0.2) is 12.4 Å². The predicted octanol–water partition coefficient (Wildman–Crippen LogP) is 0.303. The molecular formula is C7H8O3. The third kappa shape index (κ3) is 1.07. The Hall–Kier alpha value is -1.12. The van der Waals surface area contributed by atoms with Crippen LogP contribution >= 0.6 is 0 Å². The first-order valence-corrected chi connectivity index (χ1v) is 3.05. The van der Waals surface area contributed by atoms with E-state index in [2.05, 4.69) is 11.3 Å². The first kappa shape index (κ1) is 6.99. The van der Waals surface area contributed by atoms with E-state index in [0.717, 1.165) is 0 Å². The Kier molecular flexibility index (Phi) is 1.85. The van der Waals surface area contributed by atoms with Gasteiger partial charge in [0.2, 0.25) is 0 Å². The van der Waals surface area contributed by atoms with E-state index < -0.39 is 6.10 Å². The van der Waals surface area contributed by atoms with Crippen LogP contribution in [0, 0.1) is 5.92 Å². The molecule has 54 valence electrons. The molecule has 2 atom stereocenters. The SMILES string of the molecule is C=C[C@H]1CC(=O)O[C@H]1C=O. The van der Waals surface area contributed by atoms with Gasteiger partial charge < -0.3 is 4.74 Å². The van der Waals surface area contributed by atoms with Crippen LogP contribution in [0.4, 0.5) is 0 Å². The molecule has 3 nitrogen and oxygen atoms in total. The monoisotopic (exact) mass is 140 g/mol. The minimum absolute atomic E-state index is 0.120. The summed E-state index contributed by atoms with van der Waals surface area (Å²) in [5.41, 5.74) is 0. The third-order valence-electron chi connectivity index (χ3n) is 1.53. The smallest absolute Gasteiger partial charge is 0.307 e. The minimum atomic E-state index is -0.593.